The molecule has 0 aromatic heterocycles. The van der Waals surface area contributed by atoms with Crippen molar-refractivity contribution in [1.29, 1.82) is 0 Å². The Kier molecular flexibility index (Phi) is 7.20. The number of benzene rings is 2. The van der Waals surface area contributed by atoms with E-state index in [0.717, 1.165) is 5.69 Å². The molecule has 0 atom stereocenters. The Labute approximate surface area is 191 Å². The number of anilines is 2. The zero-order chi connectivity index (χ0) is 22.1. The van der Waals surface area contributed by atoms with Gasteiger partial charge in [0.1, 0.15) is 4.90 Å². The van der Waals surface area contributed by atoms with E-state index in [9.17, 15) is 13.2 Å². The van der Waals surface area contributed by atoms with Crippen LogP contribution in [0.15, 0.2) is 41.3 Å². The molecule has 0 aliphatic carbocycles. The van der Waals surface area contributed by atoms with E-state index >= 15 is 0 Å². The molecule has 10 heteroatoms. The van der Waals surface area contributed by atoms with E-state index in [1.54, 1.807) is 12.1 Å². The summed E-state index contributed by atoms with van der Waals surface area (Å²) in [6, 6.07) is 9.65. The van der Waals surface area contributed by atoms with Crippen molar-refractivity contribution < 1.29 is 13.2 Å². The first-order valence-electron chi connectivity index (χ1n) is 9.32. The van der Waals surface area contributed by atoms with Crippen LogP contribution in [0.25, 0.3) is 0 Å². The predicted molar refractivity (Wildman–Crippen MR) is 122 cm³/mol. The largest absolute Gasteiger partial charge is 0.376 e. The van der Waals surface area contributed by atoms with Crippen LogP contribution in [0.1, 0.15) is 12.8 Å². The van der Waals surface area contributed by atoms with Crippen LogP contribution < -0.4 is 10.2 Å². The van der Waals surface area contributed by atoms with Crippen LogP contribution >= 0.6 is 34.8 Å². The number of amides is 1. The number of carbonyl (C=O) groups is 1. The molecule has 0 radical (unpaired) electrons. The molecule has 1 fully saturated rings. The molecule has 0 spiro atoms. The third-order valence-corrected chi connectivity index (χ3v) is 7.88. The maximum atomic E-state index is 12.9. The summed E-state index contributed by atoms with van der Waals surface area (Å²) in [7, 11) is -0.0293. The van der Waals surface area contributed by atoms with Crippen LogP contribution in [0, 0.1) is 5.92 Å². The Balaban J connectivity index is 1.69. The van der Waals surface area contributed by atoms with Crippen LogP contribution in [0.3, 0.4) is 0 Å². The molecule has 1 N–H and O–H groups in total. The number of hydrogen-bond donors (Lipinski definition) is 1. The van der Waals surface area contributed by atoms with Gasteiger partial charge in [-0.3, -0.25) is 4.79 Å². The average Bonchev–Trinajstić information content (AvgIpc) is 2.69. The summed E-state index contributed by atoms with van der Waals surface area (Å²) in [4.78, 5) is 14.7. The maximum Gasteiger partial charge on any atom is 0.244 e. The second-order valence-electron chi connectivity index (χ2n) is 7.30. The number of nitrogens with one attached hydrogen (secondary N) is 1. The number of halogens is 3. The summed E-state index contributed by atoms with van der Waals surface area (Å²) in [5.74, 6) is -0.460. The predicted octanol–water partition coefficient (Wildman–Crippen LogP) is 4.75. The lowest BCUT2D eigenvalue weighted by Gasteiger charge is -2.31. The molecular weight excluding hydrogens is 469 g/mol. The van der Waals surface area contributed by atoms with Crippen LogP contribution in [-0.4, -0.2) is 45.8 Å². The summed E-state index contributed by atoms with van der Waals surface area (Å²) >= 11 is 18.1. The number of hydrogen-bond acceptors (Lipinski definition) is 4. The number of piperidine rings is 1. The fourth-order valence-electron chi connectivity index (χ4n) is 3.41. The normalized spacial score (nSPS) is 15.8. The van der Waals surface area contributed by atoms with E-state index in [-0.39, 0.29) is 34.8 Å². The summed E-state index contributed by atoms with van der Waals surface area (Å²) in [6.07, 6.45) is 0.808. The number of carbonyl (C=O) groups excluding carboxylic acids is 1. The Morgan fingerprint density at radius 2 is 1.63 bits per heavy atom. The van der Waals surface area contributed by atoms with Gasteiger partial charge in [-0.15, -0.1) is 0 Å². The standard InChI is InChI=1S/C20H22Cl3N3O3S/c1-25(2)18-6-4-14(21)11-17(18)24-20(27)13-7-9-26(10-8-13)30(28,29)19-12-15(22)3-5-16(19)23/h3-6,11-13H,7-10H2,1-2H3,(H,24,27). The molecule has 30 heavy (non-hydrogen) atoms. The number of nitrogens with zero attached hydrogens (tertiary/aromatic N) is 2. The van der Waals surface area contributed by atoms with Crippen LogP contribution in [0.4, 0.5) is 11.4 Å². The van der Waals surface area contributed by atoms with Gasteiger partial charge < -0.3 is 10.2 Å². The summed E-state index contributed by atoms with van der Waals surface area (Å²) in [5.41, 5.74) is 1.46. The van der Waals surface area contributed by atoms with Gasteiger partial charge in [0.25, 0.3) is 0 Å². The molecule has 1 heterocycles. The Morgan fingerprint density at radius 1 is 1.03 bits per heavy atom. The lowest BCUT2D eigenvalue weighted by molar-refractivity contribution is -0.120. The van der Waals surface area contributed by atoms with Crippen molar-refractivity contribution in [2.75, 3.05) is 37.4 Å². The molecule has 0 unspecified atom stereocenters. The molecule has 1 aliphatic rings. The molecule has 1 aliphatic heterocycles. The van der Waals surface area contributed by atoms with E-state index in [2.05, 4.69) is 5.32 Å². The van der Waals surface area contributed by atoms with Gasteiger partial charge in [0.05, 0.1) is 16.4 Å². The summed E-state index contributed by atoms with van der Waals surface area (Å²) in [5, 5.41) is 3.87. The fraction of sp³-hybridized carbons (Fsp3) is 0.350. The Bertz CT molecular complexity index is 1050. The van der Waals surface area contributed by atoms with Gasteiger partial charge in [-0.25, -0.2) is 8.42 Å². The van der Waals surface area contributed by atoms with Crippen LogP contribution in [0.5, 0.6) is 0 Å². The molecular formula is C20H22Cl3N3O3S. The van der Waals surface area contributed by atoms with E-state index in [4.69, 9.17) is 34.8 Å². The molecule has 2 aromatic rings. The van der Waals surface area contributed by atoms with Crippen molar-refractivity contribution in [1.82, 2.24) is 4.31 Å². The highest BCUT2D eigenvalue weighted by Crippen LogP contribution is 2.32. The molecule has 2 aromatic carbocycles. The number of rotatable bonds is 5. The van der Waals surface area contributed by atoms with Gasteiger partial charge in [-0.05, 0) is 49.2 Å². The highest BCUT2D eigenvalue weighted by molar-refractivity contribution is 7.89. The lowest BCUT2D eigenvalue weighted by Crippen LogP contribution is -2.41. The minimum atomic E-state index is -3.79. The fourth-order valence-corrected chi connectivity index (χ4v) is 5.78. The van der Waals surface area contributed by atoms with Crippen molar-refractivity contribution in [3.63, 3.8) is 0 Å². The SMILES string of the molecule is CN(C)c1ccc(Cl)cc1NC(=O)C1CCN(S(=O)(=O)c2cc(Cl)ccc2Cl)CC1. The molecule has 162 valence electrons. The van der Waals surface area contributed by atoms with Gasteiger partial charge >= 0.3 is 0 Å². The highest BCUT2D eigenvalue weighted by Gasteiger charge is 2.33. The van der Waals surface area contributed by atoms with Crippen molar-refractivity contribution in [2.45, 2.75) is 17.7 Å². The van der Waals surface area contributed by atoms with Crippen LogP contribution in [-0.2, 0) is 14.8 Å². The second kappa shape index (κ2) is 9.32. The zero-order valence-corrected chi connectivity index (χ0v) is 19.6. The van der Waals surface area contributed by atoms with E-state index in [0.29, 0.717) is 28.6 Å². The molecule has 6 nitrogen and oxygen atoms in total. The van der Waals surface area contributed by atoms with Gasteiger partial charge in [-0.2, -0.15) is 4.31 Å². The lowest BCUT2D eigenvalue weighted by atomic mass is 9.97. The first-order valence-corrected chi connectivity index (χ1v) is 11.9. The third-order valence-electron chi connectivity index (χ3n) is 5.03. The highest BCUT2D eigenvalue weighted by atomic mass is 35.5. The van der Waals surface area contributed by atoms with Gasteiger partial charge in [-0.1, -0.05) is 34.8 Å². The van der Waals surface area contributed by atoms with Gasteiger partial charge in [0.2, 0.25) is 15.9 Å². The van der Waals surface area contributed by atoms with Crippen molar-refractivity contribution in [3.05, 3.63) is 51.5 Å². The smallest absolute Gasteiger partial charge is 0.244 e. The first-order chi connectivity index (χ1) is 14.1. The Morgan fingerprint density at radius 3 is 2.27 bits per heavy atom. The van der Waals surface area contributed by atoms with Gasteiger partial charge in [0.15, 0.2) is 0 Å². The summed E-state index contributed by atoms with van der Waals surface area (Å²) in [6.45, 7) is 0.443. The maximum absolute atomic E-state index is 12.9. The van der Waals surface area contributed by atoms with Crippen LogP contribution in [0.2, 0.25) is 15.1 Å². The molecule has 0 saturated carbocycles. The average molecular weight is 491 g/mol. The van der Waals surface area contributed by atoms with E-state index in [1.807, 2.05) is 25.1 Å². The monoisotopic (exact) mass is 489 g/mol. The quantitative estimate of drug-likeness (QED) is 0.656. The van der Waals surface area contributed by atoms with Crippen molar-refractivity contribution >= 4 is 62.1 Å². The second-order valence-corrected chi connectivity index (χ2v) is 10.5. The zero-order valence-electron chi connectivity index (χ0n) is 16.5. The molecule has 3 rings (SSSR count). The minimum Gasteiger partial charge on any atom is -0.376 e. The molecule has 1 saturated heterocycles. The molecule has 1 amide bonds. The molecule has 0 bridgehead atoms. The topological polar surface area (TPSA) is 69.7 Å². The third kappa shape index (κ3) is 5.03. The first kappa shape index (κ1) is 23.2. The van der Waals surface area contributed by atoms with E-state index in [1.165, 1.54) is 22.5 Å². The minimum absolute atomic E-state index is 0.0193. The van der Waals surface area contributed by atoms with E-state index < -0.39 is 10.0 Å². The van der Waals surface area contributed by atoms with Crippen molar-refractivity contribution in [3.8, 4) is 0 Å². The number of sulfonamides is 1. The van der Waals surface area contributed by atoms with Gasteiger partial charge in [0, 0.05) is 43.1 Å². The summed E-state index contributed by atoms with van der Waals surface area (Å²) < 4.78 is 27.2. The van der Waals surface area contributed by atoms with Crippen molar-refractivity contribution in [2.24, 2.45) is 5.92 Å². The Hall–Kier alpha value is -1.51.